The van der Waals surface area contributed by atoms with E-state index in [-0.39, 0.29) is 17.1 Å². The monoisotopic (exact) mass is 369 g/mol. The highest BCUT2D eigenvalue weighted by Gasteiger charge is 2.40. The fraction of sp³-hybridized carbons (Fsp3) is 0.111. The zero-order chi connectivity index (χ0) is 16.1. The molecule has 1 aliphatic heterocycles. The Labute approximate surface area is 140 Å². The van der Waals surface area contributed by atoms with Gasteiger partial charge in [-0.15, -0.1) is 0 Å². The Morgan fingerprint density at radius 1 is 1.09 bits per heavy atom. The minimum Gasteiger partial charge on any atom is -0.450 e. The summed E-state index contributed by atoms with van der Waals surface area (Å²) in [6, 6.07) is 14.3. The number of rotatable bonds is 1. The summed E-state index contributed by atoms with van der Waals surface area (Å²) in [4.78, 5) is 27.1. The molecule has 4 nitrogen and oxygen atoms in total. The molecule has 1 aliphatic rings. The largest absolute Gasteiger partial charge is 0.450 e. The molecule has 1 amide bonds. The zero-order valence-electron chi connectivity index (χ0n) is 12.2. The molecule has 5 heteroatoms. The van der Waals surface area contributed by atoms with E-state index >= 15 is 0 Å². The molecular formula is C18H12BrNO3. The van der Waals surface area contributed by atoms with Gasteiger partial charge in [0.1, 0.15) is 5.58 Å². The van der Waals surface area contributed by atoms with Crippen molar-refractivity contribution in [1.82, 2.24) is 4.90 Å². The minimum atomic E-state index is -0.418. The normalized spacial score (nSPS) is 16.9. The number of carbonyl (C=O) groups excluding carboxylic acids is 1. The molecule has 0 saturated carbocycles. The summed E-state index contributed by atoms with van der Waals surface area (Å²) in [6.45, 7) is 0. The molecule has 0 fully saturated rings. The van der Waals surface area contributed by atoms with Gasteiger partial charge in [0.2, 0.25) is 5.76 Å². The van der Waals surface area contributed by atoms with Crippen LogP contribution in [0.3, 0.4) is 0 Å². The maximum atomic E-state index is 13.0. The number of amides is 1. The highest BCUT2D eigenvalue weighted by atomic mass is 79.9. The third kappa shape index (κ3) is 2.04. The number of carbonyl (C=O) groups is 1. The molecule has 23 heavy (non-hydrogen) atoms. The van der Waals surface area contributed by atoms with Gasteiger partial charge in [0, 0.05) is 11.5 Å². The summed E-state index contributed by atoms with van der Waals surface area (Å²) in [6.07, 6.45) is 0. The molecule has 0 saturated heterocycles. The van der Waals surface area contributed by atoms with Crippen LogP contribution in [0, 0.1) is 0 Å². The molecular weight excluding hydrogens is 358 g/mol. The highest BCUT2D eigenvalue weighted by molar-refractivity contribution is 9.10. The van der Waals surface area contributed by atoms with Gasteiger partial charge in [0.25, 0.3) is 5.91 Å². The average Bonchev–Trinajstić information content (AvgIpc) is 2.81. The standard InChI is InChI=1S/C18H12BrNO3/c1-20-15(10-5-3-2-4-6-10)14-16(21)12-9-11(19)7-8-13(12)23-17(14)18(20)22/h2-9,15H,1H3. The Morgan fingerprint density at radius 3 is 2.57 bits per heavy atom. The third-order valence-corrected chi connectivity index (χ3v) is 4.67. The van der Waals surface area contributed by atoms with Crippen LogP contribution >= 0.6 is 15.9 Å². The smallest absolute Gasteiger partial charge is 0.290 e. The molecule has 0 N–H and O–H groups in total. The number of hydrogen-bond acceptors (Lipinski definition) is 3. The van der Waals surface area contributed by atoms with E-state index in [1.165, 1.54) is 0 Å². The summed E-state index contributed by atoms with van der Waals surface area (Å²) in [5, 5.41) is 0.474. The first-order chi connectivity index (χ1) is 11.1. The van der Waals surface area contributed by atoms with Gasteiger partial charge in [0.05, 0.1) is 17.0 Å². The average molecular weight is 370 g/mol. The summed E-state index contributed by atoms with van der Waals surface area (Å²) in [7, 11) is 1.69. The van der Waals surface area contributed by atoms with Crippen LogP contribution in [-0.4, -0.2) is 17.9 Å². The molecule has 4 rings (SSSR count). The number of nitrogens with zero attached hydrogens (tertiary/aromatic N) is 1. The maximum absolute atomic E-state index is 13.0. The molecule has 114 valence electrons. The molecule has 2 aromatic carbocycles. The van der Waals surface area contributed by atoms with Crippen molar-refractivity contribution in [3.05, 3.63) is 80.1 Å². The van der Waals surface area contributed by atoms with E-state index in [2.05, 4.69) is 15.9 Å². The van der Waals surface area contributed by atoms with Crippen LogP contribution in [0.2, 0.25) is 0 Å². The first-order valence-corrected chi connectivity index (χ1v) is 7.95. The van der Waals surface area contributed by atoms with Crippen molar-refractivity contribution in [2.45, 2.75) is 6.04 Å². The van der Waals surface area contributed by atoms with Gasteiger partial charge in [0.15, 0.2) is 5.43 Å². The van der Waals surface area contributed by atoms with Crippen molar-refractivity contribution in [3.8, 4) is 0 Å². The van der Waals surface area contributed by atoms with E-state index in [0.29, 0.717) is 16.5 Å². The Balaban J connectivity index is 2.06. The van der Waals surface area contributed by atoms with E-state index in [4.69, 9.17) is 4.42 Å². The summed E-state index contributed by atoms with van der Waals surface area (Å²) >= 11 is 3.37. The highest BCUT2D eigenvalue weighted by Crippen LogP contribution is 2.36. The van der Waals surface area contributed by atoms with Crippen molar-refractivity contribution < 1.29 is 9.21 Å². The Hall–Kier alpha value is -2.40. The van der Waals surface area contributed by atoms with Crippen molar-refractivity contribution in [2.24, 2.45) is 0 Å². The van der Waals surface area contributed by atoms with E-state index in [9.17, 15) is 9.59 Å². The Kier molecular flexibility index (Phi) is 3.13. The topological polar surface area (TPSA) is 50.5 Å². The molecule has 1 atom stereocenters. The first-order valence-electron chi connectivity index (χ1n) is 7.16. The van der Waals surface area contributed by atoms with Crippen LogP contribution in [0.15, 0.2) is 62.2 Å². The SMILES string of the molecule is CN1C(=O)c2oc3ccc(Br)cc3c(=O)c2C1c1ccccc1. The van der Waals surface area contributed by atoms with Gasteiger partial charge in [-0.1, -0.05) is 46.3 Å². The fourth-order valence-corrected chi connectivity index (χ4v) is 3.45. The lowest BCUT2D eigenvalue weighted by Crippen LogP contribution is -2.25. The lowest BCUT2D eigenvalue weighted by molar-refractivity contribution is 0.0771. The Bertz CT molecular complexity index is 994. The molecule has 0 aliphatic carbocycles. The summed E-state index contributed by atoms with van der Waals surface area (Å²) < 4.78 is 6.56. The van der Waals surface area contributed by atoms with Crippen molar-refractivity contribution in [2.75, 3.05) is 7.05 Å². The molecule has 2 heterocycles. The number of hydrogen-bond donors (Lipinski definition) is 0. The third-order valence-electron chi connectivity index (χ3n) is 4.18. The number of benzene rings is 2. The van der Waals surface area contributed by atoms with Crippen LogP contribution in [0.4, 0.5) is 0 Å². The van der Waals surface area contributed by atoms with Gasteiger partial charge >= 0.3 is 0 Å². The first kappa shape index (κ1) is 14.2. The molecule has 0 radical (unpaired) electrons. The van der Waals surface area contributed by atoms with Crippen molar-refractivity contribution in [3.63, 3.8) is 0 Å². The zero-order valence-corrected chi connectivity index (χ0v) is 13.8. The van der Waals surface area contributed by atoms with Gasteiger partial charge in [-0.25, -0.2) is 0 Å². The van der Waals surface area contributed by atoms with Crippen LogP contribution in [-0.2, 0) is 0 Å². The summed E-state index contributed by atoms with van der Waals surface area (Å²) in [5.41, 5.74) is 1.57. The van der Waals surface area contributed by atoms with E-state index in [1.807, 2.05) is 30.3 Å². The van der Waals surface area contributed by atoms with E-state index in [1.54, 1.807) is 30.1 Å². The van der Waals surface area contributed by atoms with Gasteiger partial charge in [-0.3, -0.25) is 9.59 Å². The Morgan fingerprint density at radius 2 is 1.83 bits per heavy atom. The van der Waals surface area contributed by atoms with Crippen LogP contribution < -0.4 is 5.43 Å². The second-order valence-corrected chi connectivity index (χ2v) is 6.46. The van der Waals surface area contributed by atoms with E-state index in [0.717, 1.165) is 10.0 Å². The predicted octanol–water partition coefficient (Wildman–Crippen LogP) is 3.73. The second-order valence-electron chi connectivity index (χ2n) is 5.54. The molecule has 1 aromatic heterocycles. The van der Waals surface area contributed by atoms with Crippen LogP contribution in [0.5, 0.6) is 0 Å². The molecule has 0 spiro atoms. The minimum absolute atomic E-state index is 0.140. The lowest BCUT2D eigenvalue weighted by Gasteiger charge is -2.20. The quantitative estimate of drug-likeness (QED) is 0.656. The van der Waals surface area contributed by atoms with Crippen LogP contribution in [0.25, 0.3) is 11.0 Å². The summed E-state index contributed by atoms with van der Waals surface area (Å²) in [5.74, 6) is -0.128. The van der Waals surface area contributed by atoms with Gasteiger partial charge < -0.3 is 9.32 Å². The van der Waals surface area contributed by atoms with Gasteiger partial charge in [-0.2, -0.15) is 0 Å². The van der Waals surface area contributed by atoms with Crippen molar-refractivity contribution >= 4 is 32.8 Å². The maximum Gasteiger partial charge on any atom is 0.290 e. The number of halogens is 1. The van der Waals surface area contributed by atoms with Gasteiger partial charge in [-0.05, 0) is 23.8 Å². The molecule has 0 bridgehead atoms. The second kappa shape index (κ2) is 5.06. The number of fused-ring (bicyclic) bond motifs is 2. The molecule has 3 aromatic rings. The predicted molar refractivity (Wildman–Crippen MR) is 90.6 cm³/mol. The van der Waals surface area contributed by atoms with Crippen molar-refractivity contribution in [1.29, 1.82) is 0 Å². The van der Waals surface area contributed by atoms with E-state index < -0.39 is 6.04 Å². The molecule has 1 unspecified atom stereocenters. The lowest BCUT2D eigenvalue weighted by atomic mass is 9.99. The van der Waals surface area contributed by atoms with Crippen LogP contribution in [0.1, 0.15) is 27.7 Å². The fourth-order valence-electron chi connectivity index (χ4n) is 3.09.